The van der Waals surface area contributed by atoms with Crippen molar-refractivity contribution in [2.45, 2.75) is 18.9 Å². The van der Waals surface area contributed by atoms with Gasteiger partial charge in [0.05, 0.1) is 13.2 Å². The molecule has 0 radical (unpaired) electrons. The van der Waals surface area contributed by atoms with Crippen molar-refractivity contribution in [3.8, 4) is 0 Å². The molecule has 0 aliphatic rings. The van der Waals surface area contributed by atoms with E-state index in [0.29, 0.717) is 19.3 Å². The molecule has 26 heavy (non-hydrogen) atoms. The first-order valence-electron chi connectivity index (χ1n) is 8.89. The molecule has 7 heteroatoms. The Balaban J connectivity index is 0.00000625. The van der Waals surface area contributed by atoms with Crippen molar-refractivity contribution < 1.29 is 9.47 Å². The number of halogens is 1. The quantitative estimate of drug-likeness (QED) is 0.208. The summed E-state index contributed by atoms with van der Waals surface area (Å²) < 4.78 is 10.4. The zero-order valence-electron chi connectivity index (χ0n) is 16.5. The van der Waals surface area contributed by atoms with Crippen LogP contribution in [0.25, 0.3) is 0 Å². The average molecular weight is 478 g/mol. The van der Waals surface area contributed by atoms with Gasteiger partial charge in [-0.15, -0.1) is 24.0 Å². The van der Waals surface area contributed by atoms with Crippen LogP contribution in [0, 0.1) is 0 Å². The van der Waals surface area contributed by atoms with Crippen LogP contribution in [0.5, 0.6) is 0 Å². The van der Waals surface area contributed by atoms with Crippen LogP contribution in [0.2, 0.25) is 0 Å². The predicted octanol–water partition coefficient (Wildman–Crippen LogP) is 2.00. The van der Waals surface area contributed by atoms with Gasteiger partial charge in [0.15, 0.2) is 5.96 Å². The fourth-order valence-corrected chi connectivity index (χ4v) is 2.38. The molecule has 150 valence electrons. The van der Waals surface area contributed by atoms with Crippen molar-refractivity contribution in [1.82, 2.24) is 15.5 Å². The van der Waals surface area contributed by atoms with E-state index < -0.39 is 0 Å². The highest BCUT2D eigenvalue weighted by molar-refractivity contribution is 14.0. The Kier molecular flexibility index (Phi) is 15.7. The molecule has 1 aromatic rings. The zero-order chi connectivity index (χ0) is 18.3. The molecule has 1 aromatic carbocycles. The third kappa shape index (κ3) is 11.7. The van der Waals surface area contributed by atoms with E-state index in [4.69, 9.17) is 9.47 Å². The van der Waals surface area contributed by atoms with E-state index in [1.165, 1.54) is 5.56 Å². The summed E-state index contributed by atoms with van der Waals surface area (Å²) in [6, 6.07) is 11.0. The van der Waals surface area contributed by atoms with Gasteiger partial charge in [0.2, 0.25) is 0 Å². The molecule has 0 heterocycles. The molecule has 6 nitrogen and oxygen atoms in total. The Hall–Kier alpha value is -0.900. The lowest BCUT2D eigenvalue weighted by Gasteiger charge is -2.25. The van der Waals surface area contributed by atoms with Crippen LogP contribution in [0.3, 0.4) is 0 Å². The standard InChI is InChI=1S/C19H34N4O2.HI/c1-20-19(21-11-8-12-25-14-13-24-4)22-16-18(23(2)3)15-17-9-6-5-7-10-17;/h5-7,9-10,18H,8,11-16H2,1-4H3,(H2,20,21,22);1H. The smallest absolute Gasteiger partial charge is 0.191 e. The number of hydrogen-bond acceptors (Lipinski definition) is 4. The van der Waals surface area contributed by atoms with Gasteiger partial charge in [-0.3, -0.25) is 4.99 Å². The van der Waals surface area contributed by atoms with Gasteiger partial charge in [-0.05, 0) is 32.5 Å². The van der Waals surface area contributed by atoms with Gasteiger partial charge in [-0.25, -0.2) is 0 Å². The number of benzene rings is 1. The molecule has 0 aliphatic carbocycles. The van der Waals surface area contributed by atoms with Gasteiger partial charge < -0.3 is 25.0 Å². The van der Waals surface area contributed by atoms with Gasteiger partial charge in [0, 0.05) is 39.9 Å². The SMILES string of the molecule is CN=C(NCCCOCCOC)NCC(Cc1ccccc1)N(C)C.I. The number of nitrogens with one attached hydrogen (secondary N) is 2. The Morgan fingerprint density at radius 3 is 2.46 bits per heavy atom. The van der Waals surface area contributed by atoms with E-state index in [1.807, 2.05) is 0 Å². The molecule has 0 saturated carbocycles. The number of nitrogens with zero attached hydrogens (tertiary/aromatic N) is 2. The third-order valence-electron chi connectivity index (χ3n) is 3.96. The van der Waals surface area contributed by atoms with E-state index in [0.717, 1.165) is 38.5 Å². The van der Waals surface area contributed by atoms with Crippen molar-refractivity contribution in [3.05, 3.63) is 35.9 Å². The Labute approximate surface area is 175 Å². The number of rotatable bonds is 12. The number of likely N-dealkylation sites (N-methyl/N-ethyl adjacent to an activating group) is 1. The lowest BCUT2D eigenvalue weighted by molar-refractivity contribution is 0.0698. The largest absolute Gasteiger partial charge is 0.382 e. The summed E-state index contributed by atoms with van der Waals surface area (Å²) in [7, 11) is 7.71. The maximum absolute atomic E-state index is 5.45. The van der Waals surface area contributed by atoms with Crippen LogP contribution >= 0.6 is 24.0 Å². The average Bonchev–Trinajstić information content (AvgIpc) is 2.63. The van der Waals surface area contributed by atoms with Crippen LogP contribution in [0.1, 0.15) is 12.0 Å². The summed E-state index contributed by atoms with van der Waals surface area (Å²) in [6.45, 7) is 3.68. The number of aliphatic imine (C=N–C) groups is 1. The number of guanidine groups is 1. The molecule has 1 rings (SSSR count). The summed E-state index contributed by atoms with van der Waals surface area (Å²) in [5.74, 6) is 0.830. The molecule has 0 spiro atoms. The van der Waals surface area contributed by atoms with Crippen LogP contribution in [-0.4, -0.2) is 78.1 Å². The van der Waals surface area contributed by atoms with Crippen LogP contribution in [0.4, 0.5) is 0 Å². The molecule has 0 bridgehead atoms. The van der Waals surface area contributed by atoms with E-state index in [2.05, 4.69) is 65.0 Å². The topological polar surface area (TPSA) is 58.1 Å². The normalized spacial score (nSPS) is 12.6. The number of ether oxygens (including phenoxy) is 2. The Morgan fingerprint density at radius 1 is 1.12 bits per heavy atom. The van der Waals surface area contributed by atoms with Crippen molar-refractivity contribution in [3.63, 3.8) is 0 Å². The second kappa shape index (κ2) is 16.3. The number of hydrogen-bond donors (Lipinski definition) is 2. The highest BCUT2D eigenvalue weighted by Gasteiger charge is 2.12. The first-order chi connectivity index (χ1) is 12.2. The highest BCUT2D eigenvalue weighted by atomic mass is 127. The summed E-state index contributed by atoms with van der Waals surface area (Å²) in [5, 5.41) is 6.75. The van der Waals surface area contributed by atoms with Gasteiger partial charge >= 0.3 is 0 Å². The van der Waals surface area contributed by atoms with Crippen LogP contribution < -0.4 is 10.6 Å². The van der Waals surface area contributed by atoms with Crippen molar-refractivity contribution in [1.29, 1.82) is 0 Å². The number of methoxy groups -OCH3 is 1. The molecule has 0 saturated heterocycles. The highest BCUT2D eigenvalue weighted by Crippen LogP contribution is 2.06. The summed E-state index contributed by atoms with van der Waals surface area (Å²) in [6.07, 6.45) is 1.94. The van der Waals surface area contributed by atoms with E-state index in [1.54, 1.807) is 14.2 Å². The van der Waals surface area contributed by atoms with E-state index in [9.17, 15) is 0 Å². The first-order valence-corrected chi connectivity index (χ1v) is 8.89. The molecule has 0 amide bonds. The summed E-state index contributed by atoms with van der Waals surface area (Å²) >= 11 is 0. The molecule has 0 aromatic heterocycles. The lowest BCUT2D eigenvalue weighted by Crippen LogP contribution is -2.46. The van der Waals surface area contributed by atoms with Crippen LogP contribution in [-0.2, 0) is 15.9 Å². The minimum absolute atomic E-state index is 0. The van der Waals surface area contributed by atoms with Crippen molar-refractivity contribution >= 4 is 29.9 Å². The minimum atomic E-state index is 0. The maximum atomic E-state index is 5.45. The Bertz CT molecular complexity index is 472. The molecule has 2 N–H and O–H groups in total. The molecule has 1 atom stereocenters. The fraction of sp³-hybridized carbons (Fsp3) is 0.632. The van der Waals surface area contributed by atoms with E-state index in [-0.39, 0.29) is 24.0 Å². The zero-order valence-corrected chi connectivity index (χ0v) is 18.9. The maximum Gasteiger partial charge on any atom is 0.191 e. The monoisotopic (exact) mass is 478 g/mol. The molecular weight excluding hydrogens is 443 g/mol. The lowest BCUT2D eigenvalue weighted by atomic mass is 10.1. The predicted molar refractivity (Wildman–Crippen MR) is 120 cm³/mol. The van der Waals surface area contributed by atoms with Gasteiger partial charge in [-0.1, -0.05) is 30.3 Å². The summed E-state index contributed by atoms with van der Waals surface area (Å²) in [5.41, 5.74) is 1.35. The second-order valence-corrected chi connectivity index (χ2v) is 6.15. The molecule has 1 unspecified atom stereocenters. The van der Waals surface area contributed by atoms with Crippen molar-refractivity contribution in [2.24, 2.45) is 4.99 Å². The van der Waals surface area contributed by atoms with Crippen LogP contribution in [0.15, 0.2) is 35.3 Å². The summed E-state index contributed by atoms with van der Waals surface area (Å²) in [4.78, 5) is 6.54. The van der Waals surface area contributed by atoms with Gasteiger partial charge in [0.1, 0.15) is 0 Å². The second-order valence-electron chi connectivity index (χ2n) is 6.15. The minimum Gasteiger partial charge on any atom is -0.382 e. The molecule has 0 aliphatic heterocycles. The van der Waals surface area contributed by atoms with Crippen molar-refractivity contribution in [2.75, 3.05) is 61.2 Å². The third-order valence-corrected chi connectivity index (χ3v) is 3.96. The van der Waals surface area contributed by atoms with Gasteiger partial charge in [0.25, 0.3) is 0 Å². The Morgan fingerprint density at radius 2 is 1.85 bits per heavy atom. The fourth-order valence-electron chi connectivity index (χ4n) is 2.38. The molecule has 0 fully saturated rings. The van der Waals surface area contributed by atoms with E-state index >= 15 is 0 Å². The van der Waals surface area contributed by atoms with Gasteiger partial charge in [-0.2, -0.15) is 0 Å². The first kappa shape index (κ1) is 25.1. The molecular formula is C19H35IN4O2.